The lowest BCUT2D eigenvalue weighted by Gasteiger charge is -2.19. The quantitative estimate of drug-likeness (QED) is 0.888. The Kier molecular flexibility index (Phi) is 5.62. The molecule has 3 nitrogen and oxygen atoms in total. The molecule has 112 valence electrons. The molecule has 0 aliphatic rings. The number of hydrogen-bond donors (Lipinski definition) is 1. The van der Waals surface area contributed by atoms with Crippen molar-refractivity contribution in [2.45, 2.75) is 19.6 Å². The Morgan fingerprint density at radius 1 is 1.05 bits per heavy atom. The summed E-state index contributed by atoms with van der Waals surface area (Å²) in [5, 5.41) is 0.763. The van der Waals surface area contributed by atoms with Crippen LogP contribution in [0.15, 0.2) is 42.5 Å². The first-order chi connectivity index (χ1) is 10.1. The number of halogens is 1. The number of methoxy groups -OCH3 is 1. The highest BCUT2D eigenvalue weighted by molar-refractivity contribution is 6.30. The van der Waals surface area contributed by atoms with Crippen molar-refractivity contribution in [3.63, 3.8) is 0 Å². The summed E-state index contributed by atoms with van der Waals surface area (Å²) < 4.78 is 5.43. The Hall–Kier alpha value is -1.55. The number of benzene rings is 2. The maximum absolute atomic E-state index is 5.91. The minimum atomic E-state index is 0.540. The molecule has 0 aliphatic carbocycles. The lowest BCUT2D eigenvalue weighted by Crippen LogP contribution is -2.18. The highest BCUT2D eigenvalue weighted by atomic mass is 35.5. The van der Waals surface area contributed by atoms with E-state index in [1.807, 2.05) is 36.4 Å². The normalized spacial score (nSPS) is 10.9. The van der Waals surface area contributed by atoms with Gasteiger partial charge >= 0.3 is 0 Å². The molecule has 0 amide bonds. The molecule has 0 radical (unpaired) electrons. The molecule has 2 aromatic carbocycles. The molecule has 2 rings (SSSR count). The van der Waals surface area contributed by atoms with Crippen LogP contribution in [0.25, 0.3) is 0 Å². The van der Waals surface area contributed by atoms with Gasteiger partial charge in [0.05, 0.1) is 7.11 Å². The van der Waals surface area contributed by atoms with Gasteiger partial charge in [0.25, 0.3) is 0 Å². The van der Waals surface area contributed by atoms with Gasteiger partial charge in [-0.2, -0.15) is 0 Å². The van der Waals surface area contributed by atoms with E-state index >= 15 is 0 Å². The van der Waals surface area contributed by atoms with Crippen LogP contribution in [-0.2, 0) is 19.6 Å². The molecular weight excluding hydrogens is 284 g/mol. The molecule has 21 heavy (non-hydrogen) atoms. The van der Waals surface area contributed by atoms with Crippen molar-refractivity contribution >= 4 is 11.6 Å². The Balaban J connectivity index is 2.07. The zero-order valence-corrected chi connectivity index (χ0v) is 13.2. The molecule has 0 unspecified atom stereocenters. The fraction of sp³-hybridized carbons (Fsp3) is 0.294. The maximum Gasteiger partial charge on any atom is 0.123 e. The number of nitrogens with zero attached hydrogens (tertiary/aromatic N) is 1. The molecule has 2 N–H and O–H groups in total. The van der Waals surface area contributed by atoms with Crippen LogP contribution in [0.4, 0.5) is 0 Å². The zero-order chi connectivity index (χ0) is 15.2. The average molecular weight is 305 g/mol. The van der Waals surface area contributed by atoms with Gasteiger partial charge in [0.1, 0.15) is 5.75 Å². The topological polar surface area (TPSA) is 38.5 Å². The zero-order valence-electron chi connectivity index (χ0n) is 12.5. The summed E-state index contributed by atoms with van der Waals surface area (Å²) in [4.78, 5) is 2.24. The summed E-state index contributed by atoms with van der Waals surface area (Å²) in [6.07, 6.45) is 0. The Morgan fingerprint density at radius 3 is 2.33 bits per heavy atom. The van der Waals surface area contributed by atoms with Crippen LogP contribution in [0.3, 0.4) is 0 Å². The highest BCUT2D eigenvalue weighted by Crippen LogP contribution is 2.22. The molecule has 0 atom stereocenters. The smallest absolute Gasteiger partial charge is 0.123 e. The molecule has 0 saturated heterocycles. The lowest BCUT2D eigenvalue weighted by atomic mass is 10.1. The van der Waals surface area contributed by atoms with Gasteiger partial charge < -0.3 is 10.5 Å². The summed E-state index contributed by atoms with van der Waals surface area (Å²) in [6.45, 7) is 2.20. The van der Waals surface area contributed by atoms with Crippen LogP contribution in [0, 0.1) is 0 Å². The largest absolute Gasteiger partial charge is 0.496 e. The average Bonchev–Trinajstić information content (AvgIpc) is 2.49. The van der Waals surface area contributed by atoms with Gasteiger partial charge in [0.15, 0.2) is 0 Å². The maximum atomic E-state index is 5.91. The second kappa shape index (κ2) is 7.46. The fourth-order valence-corrected chi connectivity index (χ4v) is 2.46. The van der Waals surface area contributed by atoms with Crippen molar-refractivity contribution in [3.8, 4) is 5.75 Å². The van der Waals surface area contributed by atoms with Crippen LogP contribution in [0.1, 0.15) is 16.7 Å². The van der Waals surface area contributed by atoms with Crippen molar-refractivity contribution in [2.75, 3.05) is 14.2 Å². The minimum absolute atomic E-state index is 0.540. The van der Waals surface area contributed by atoms with Crippen molar-refractivity contribution in [2.24, 2.45) is 5.73 Å². The summed E-state index contributed by atoms with van der Waals surface area (Å²) in [7, 11) is 3.78. The van der Waals surface area contributed by atoms with Gasteiger partial charge in [-0.3, -0.25) is 4.90 Å². The second-order valence-electron chi connectivity index (χ2n) is 5.15. The van der Waals surface area contributed by atoms with Gasteiger partial charge in [-0.05, 0) is 42.4 Å². The first-order valence-electron chi connectivity index (χ1n) is 6.91. The minimum Gasteiger partial charge on any atom is -0.496 e. The third kappa shape index (κ3) is 4.46. The Morgan fingerprint density at radius 2 is 1.71 bits per heavy atom. The summed E-state index contributed by atoms with van der Waals surface area (Å²) in [6, 6.07) is 14.0. The van der Waals surface area contributed by atoms with Crippen LogP contribution in [0.5, 0.6) is 5.75 Å². The first-order valence-corrected chi connectivity index (χ1v) is 7.29. The molecule has 0 aliphatic heterocycles. The third-order valence-corrected chi connectivity index (χ3v) is 3.64. The van der Waals surface area contributed by atoms with E-state index in [0.29, 0.717) is 6.54 Å². The molecule has 0 heterocycles. The van der Waals surface area contributed by atoms with E-state index in [4.69, 9.17) is 22.1 Å². The molecular formula is C17H21ClN2O. The van der Waals surface area contributed by atoms with Crippen molar-refractivity contribution < 1.29 is 4.74 Å². The standard InChI is InChI=1S/C17H21ClN2O/c1-20(11-13-3-6-16(18)7-4-13)12-15-9-14(10-19)5-8-17(15)21-2/h3-9H,10-12,19H2,1-2H3. The van der Waals surface area contributed by atoms with E-state index in [2.05, 4.69) is 18.0 Å². The van der Waals surface area contributed by atoms with E-state index in [1.54, 1.807) is 7.11 Å². The number of ether oxygens (including phenoxy) is 1. The Bertz CT molecular complexity index is 584. The number of nitrogens with two attached hydrogens (primary N) is 1. The molecule has 0 saturated carbocycles. The van der Waals surface area contributed by atoms with Gasteiger partial charge in [-0.15, -0.1) is 0 Å². The SMILES string of the molecule is COc1ccc(CN)cc1CN(C)Cc1ccc(Cl)cc1. The predicted molar refractivity (Wildman–Crippen MR) is 87.5 cm³/mol. The Labute approximate surface area is 131 Å². The van der Waals surface area contributed by atoms with Gasteiger partial charge in [0, 0.05) is 30.2 Å². The fourth-order valence-electron chi connectivity index (χ4n) is 2.33. The van der Waals surface area contributed by atoms with Crippen LogP contribution >= 0.6 is 11.6 Å². The molecule has 2 aromatic rings. The highest BCUT2D eigenvalue weighted by Gasteiger charge is 2.08. The monoisotopic (exact) mass is 304 g/mol. The van der Waals surface area contributed by atoms with Gasteiger partial charge in [-0.1, -0.05) is 29.8 Å². The summed E-state index contributed by atoms with van der Waals surface area (Å²) >= 11 is 5.91. The molecule has 4 heteroatoms. The summed E-state index contributed by atoms with van der Waals surface area (Å²) in [5.74, 6) is 0.898. The molecule has 0 aromatic heterocycles. The molecule has 0 bridgehead atoms. The molecule has 0 spiro atoms. The third-order valence-electron chi connectivity index (χ3n) is 3.39. The van der Waals surface area contributed by atoms with Crippen LogP contribution in [-0.4, -0.2) is 19.1 Å². The molecule has 0 fully saturated rings. The van der Waals surface area contributed by atoms with Gasteiger partial charge in [-0.25, -0.2) is 0 Å². The number of hydrogen-bond acceptors (Lipinski definition) is 3. The number of rotatable bonds is 6. The van der Waals surface area contributed by atoms with Crippen LogP contribution < -0.4 is 10.5 Å². The van der Waals surface area contributed by atoms with E-state index in [0.717, 1.165) is 35.0 Å². The van der Waals surface area contributed by atoms with Crippen molar-refractivity contribution in [1.82, 2.24) is 4.90 Å². The van der Waals surface area contributed by atoms with E-state index in [1.165, 1.54) is 5.56 Å². The van der Waals surface area contributed by atoms with Crippen LogP contribution in [0.2, 0.25) is 5.02 Å². The second-order valence-corrected chi connectivity index (χ2v) is 5.59. The van der Waals surface area contributed by atoms with E-state index in [9.17, 15) is 0 Å². The van der Waals surface area contributed by atoms with Crippen molar-refractivity contribution in [1.29, 1.82) is 0 Å². The van der Waals surface area contributed by atoms with Gasteiger partial charge in [0.2, 0.25) is 0 Å². The van der Waals surface area contributed by atoms with Crippen molar-refractivity contribution in [3.05, 3.63) is 64.2 Å². The van der Waals surface area contributed by atoms with E-state index in [-0.39, 0.29) is 0 Å². The summed E-state index contributed by atoms with van der Waals surface area (Å²) in [5.41, 5.74) is 9.21. The van der Waals surface area contributed by atoms with E-state index < -0.39 is 0 Å². The first kappa shape index (κ1) is 15.8. The lowest BCUT2D eigenvalue weighted by molar-refractivity contribution is 0.310. The predicted octanol–water partition coefficient (Wildman–Crippen LogP) is 3.44.